The topological polar surface area (TPSA) is 89.7 Å². The van der Waals surface area contributed by atoms with Crippen LogP contribution in [0.1, 0.15) is 17.6 Å². The Labute approximate surface area is 146 Å². The third-order valence-corrected chi connectivity index (χ3v) is 3.94. The lowest BCUT2D eigenvalue weighted by Gasteiger charge is -2.34. The maximum absolute atomic E-state index is 12.7. The molecule has 3 rings (SSSR count). The molecular weight excluding hydrogens is 324 g/mol. The van der Waals surface area contributed by atoms with Gasteiger partial charge in [-0.25, -0.2) is 9.97 Å². The summed E-state index contributed by atoms with van der Waals surface area (Å²) in [6.45, 7) is 2.63. The Morgan fingerprint density at radius 2 is 2.40 bits per heavy atom. The number of nitrogens with zero attached hydrogens (tertiary/aromatic N) is 3. The first kappa shape index (κ1) is 17.4. The van der Waals surface area contributed by atoms with Crippen molar-refractivity contribution in [1.82, 2.24) is 14.9 Å². The van der Waals surface area contributed by atoms with Crippen LogP contribution in [0, 0.1) is 0 Å². The summed E-state index contributed by atoms with van der Waals surface area (Å²) in [7, 11) is 1.65. The Hall–Kier alpha value is -2.45. The summed E-state index contributed by atoms with van der Waals surface area (Å²) in [5, 5.41) is 3.17. The van der Waals surface area contributed by atoms with E-state index in [1.165, 1.54) is 0 Å². The van der Waals surface area contributed by atoms with Crippen molar-refractivity contribution < 1.29 is 18.7 Å². The molecule has 0 spiro atoms. The summed E-state index contributed by atoms with van der Waals surface area (Å²) >= 11 is 0. The SMILES string of the molecule is COCCNc1ccnc([C@H]2COCCN2C(=O)Cc2ccco2)n1. The summed E-state index contributed by atoms with van der Waals surface area (Å²) in [5.41, 5.74) is 0. The minimum Gasteiger partial charge on any atom is -0.469 e. The van der Waals surface area contributed by atoms with Crippen LogP contribution < -0.4 is 5.32 Å². The molecule has 0 unspecified atom stereocenters. The van der Waals surface area contributed by atoms with Crippen LogP contribution in [0.3, 0.4) is 0 Å². The van der Waals surface area contributed by atoms with Crippen LogP contribution in [-0.2, 0) is 20.7 Å². The molecule has 0 aromatic carbocycles. The Kier molecular flexibility index (Phi) is 5.97. The third kappa shape index (κ3) is 4.55. The molecule has 0 saturated carbocycles. The first-order valence-electron chi connectivity index (χ1n) is 8.23. The molecule has 25 heavy (non-hydrogen) atoms. The van der Waals surface area contributed by atoms with Crippen LogP contribution in [0.25, 0.3) is 0 Å². The van der Waals surface area contributed by atoms with E-state index in [1.54, 1.807) is 42.7 Å². The van der Waals surface area contributed by atoms with Crippen molar-refractivity contribution in [3.05, 3.63) is 42.2 Å². The fourth-order valence-corrected chi connectivity index (χ4v) is 2.69. The summed E-state index contributed by atoms with van der Waals surface area (Å²) < 4.78 is 15.9. The summed E-state index contributed by atoms with van der Waals surface area (Å²) in [6, 6.07) is 5.06. The molecule has 1 saturated heterocycles. The Morgan fingerprint density at radius 3 is 3.20 bits per heavy atom. The molecule has 134 valence electrons. The number of furan rings is 1. The number of ether oxygens (including phenoxy) is 2. The Morgan fingerprint density at radius 1 is 1.48 bits per heavy atom. The van der Waals surface area contributed by atoms with Gasteiger partial charge in [-0.05, 0) is 18.2 Å². The Bertz CT molecular complexity index is 677. The number of carbonyl (C=O) groups is 1. The number of methoxy groups -OCH3 is 1. The van der Waals surface area contributed by atoms with E-state index in [1.807, 2.05) is 0 Å². The van der Waals surface area contributed by atoms with Gasteiger partial charge < -0.3 is 24.1 Å². The second-order valence-corrected chi connectivity index (χ2v) is 5.65. The van der Waals surface area contributed by atoms with Gasteiger partial charge in [0.05, 0.1) is 32.5 Å². The zero-order valence-corrected chi connectivity index (χ0v) is 14.2. The normalized spacial score (nSPS) is 17.5. The quantitative estimate of drug-likeness (QED) is 0.755. The van der Waals surface area contributed by atoms with Gasteiger partial charge in [0.15, 0.2) is 5.82 Å². The van der Waals surface area contributed by atoms with Gasteiger partial charge in [0.1, 0.15) is 17.6 Å². The number of nitrogens with one attached hydrogen (secondary N) is 1. The fourth-order valence-electron chi connectivity index (χ4n) is 2.69. The molecule has 2 aromatic heterocycles. The first-order chi connectivity index (χ1) is 12.3. The van der Waals surface area contributed by atoms with E-state index >= 15 is 0 Å². The monoisotopic (exact) mass is 346 g/mol. The van der Waals surface area contributed by atoms with Gasteiger partial charge in [-0.15, -0.1) is 0 Å². The zero-order valence-electron chi connectivity index (χ0n) is 14.2. The third-order valence-electron chi connectivity index (χ3n) is 3.94. The van der Waals surface area contributed by atoms with Crippen LogP contribution in [-0.4, -0.2) is 60.8 Å². The minimum atomic E-state index is -0.305. The maximum Gasteiger partial charge on any atom is 0.230 e. The lowest BCUT2D eigenvalue weighted by Crippen LogP contribution is -2.44. The second-order valence-electron chi connectivity index (χ2n) is 5.65. The van der Waals surface area contributed by atoms with Gasteiger partial charge >= 0.3 is 0 Å². The molecule has 1 amide bonds. The van der Waals surface area contributed by atoms with Crippen LogP contribution in [0.2, 0.25) is 0 Å². The standard InChI is InChI=1S/C17H22N4O4/c1-23-9-6-18-15-4-5-19-17(20-15)14-12-24-10-7-21(14)16(22)11-13-3-2-8-25-13/h2-5,8,14H,6-7,9-12H2,1H3,(H,18,19,20)/t14-/m1/s1. The van der Waals surface area contributed by atoms with Crippen molar-refractivity contribution >= 4 is 11.7 Å². The van der Waals surface area contributed by atoms with Crippen molar-refractivity contribution in [3.8, 4) is 0 Å². The summed E-state index contributed by atoms with van der Waals surface area (Å²) in [5.74, 6) is 1.89. The number of anilines is 1. The van der Waals surface area contributed by atoms with Crippen LogP contribution in [0.4, 0.5) is 5.82 Å². The highest BCUT2D eigenvalue weighted by atomic mass is 16.5. The van der Waals surface area contributed by atoms with Crippen molar-refractivity contribution in [3.63, 3.8) is 0 Å². The van der Waals surface area contributed by atoms with E-state index in [2.05, 4.69) is 15.3 Å². The molecule has 0 radical (unpaired) electrons. The molecular formula is C17H22N4O4. The molecule has 8 heteroatoms. The van der Waals surface area contributed by atoms with Gasteiger partial charge in [-0.3, -0.25) is 4.79 Å². The second kappa shape index (κ2) is 8.59. The van der Waals surface area contributed by atoms with Crippen molar-refractivity contribution in [2.45, 2.75) is 12.5 Å². The molecule has 1 atom stereocenters. The summed E-state index contributed by atoms with van der Waals surface area (Å²) in [4.78, 5) is 23.3. The predicted molar refractivity (Wildman–Crippen MR) is 90.1 cm³/mol. The summed E-state index contributed by atoms with van der Waals surface area (Å²) in [6.07, 6.45) is 3.47. The molecule has 0 bridgehead atoms. The van der Waals surface area contributed by atoms with Gasteiger partial charge in [0, 0.05) is 26.4 Å². The number of rotatable bonds is 7. The average Bonchev–Trinajstić information content (AvgIpc) is 3.15. The van der Waals surface area contributed by atoms with E-state index in [0.29, 0.717) is 50.3 Å². The van der Waals surface area contributed by atoms with E-state index in [-0.39, 0.29) is 18.4 Å². The smallest absolute Gasteiger partial charge is 0.230 e. The Balaban J connectivity index is 1.71. The molecule has 1 aliphatic heterocycles. The van der Waals surface area contributed by atoms with Crippen molar-refractivity contribution in [2.24, 2.45) is 0 Å². The fraction of sp³-hybridized carbons (Fsp3) is 0.471. The average molecular weight is 346 g/mol. The number of amides is 1. The van der Waals surface area contributed by atoms with Crippen LogP contribution in [0.15, 0.2) is 35.1 Å². The predicted octanol–water partition coefficient (Wildman–Crippen LogP) is 1.27. The maximum atomic E-state index is 12.7. The molecule has 3 heterocycles. The van der Waals surface area contributed by atoms with Crippen LogP contribution in [0.5, 0.6) is 0 Å². The van der Waals surface area contributed by atoms with E-state index < -0.39 is 0 Å². The first-order valence-corrected chi connectivity index (χ1v) is 8.23. The highest BCUT2D eigenvalue weighted by molar-refractivity contribution is 5.78. The number of morpholine rings is 1. The zero-order chi connectivity index (χ0) is 17.5. The molecule has 1 N–H and O–H groups in total. The molecule has 1 fully saturated rings. The van der Waals surface area contributed by atoms with Crippen LogP contribution >= 0.6 is 0 Å². The number of carbonyl (C=O) groups excluding carboxylic acids is 1. The lowest BCUT2D eigenvalue weighted by molar-refractivity contribution is -0.140. The van der Waals surface area contributed by atoms with Crippen molar-refractivity contribution in [2.75, 3.05) is 45.3 Å². The number of aromatic nitrogens is 2. The minimum absolute atomic E-state index is 0.0235. The molecule has 2 aromatic rings. The molecule has 0 aliphatic carbocycles. The lowest BCUT2D eigenvalue weighted by atomic mass is 10.1. The van der Waals surface area contributed by atoms with Crippen molar-refractivity contribution in [1.29, 1.82) is 0 Å². The van der Waals surface area contributed by atoms with Gasteiger partial charge in [0.2, 0.25) is 5.91 Å². The van der Waals surface area contributed by atoms with Gasteiger partial charge in [-0.1, -0.05) is 0 Å². The molecule has 8 nitrogen and oxygen atoms in total. The highest BCUT2D eigenvalue weighted by Crippen LogP contribution is 2.23. The number of hydrogen-bond donors (Lipinski definition) is 1. The largest absolute Gasteiger partial charge is 0.469 e. The molecule has 1 aliphatic rings. The van der Waals surface area contributed by atoms with E-state index in [4.69, 9.17) is 13.9 Å². The van der Waals surface area contributed by atoms with Gasteiger partial charge in [-0.2, -0.15) is 0 Å². The van der Waals surface area contributed by atoms with E-state index in [9.17, 15) is 4.79 Å². The van der Waals surface area contributed by atoms with E-state index in [0.717, 1.165) is 0 Å². The number of hydrogen-bond acceptors (Lipinski definition) is 7. The van der Waals surface area contributed by atoms with Gasteiger partial charge in [0.25, 0.3) is 0 Å². The highest BCUT2D eigenvalue weighted by Gasteiger charge is 2.31.